The maximum Gasteiger partial charge on any atom is 0.253 e. The molecule has 0 spiro atoms. The Bertz CT molecular complexity index is 593. The summed E-state index contributed by atoms with van der Waals surface area (Å²) in [7, 11) is 1.56. The van der Waals surface area contributed by atoms with Crippen molar-refractivity contribution in [1.82, 2.24) is 5.32 Å². The van der Waals surface area contributed by atoms with Crippen LogP contribution in [0.15, 0.2) is 29.6 Å². The van der Waals surface area contributed by atoms with Crippen molar-refractivity contribution in [2.75, 3.05) is 12.8 Å². The average Bonchev–Trinajstić information content (AvgIpc) is 2.82. The average molecular weight is 276 g/mol. The van der Waals surface area contributed by atoms with Gasteiger partial charge < -0.3 is 15.8 Å². The Morgan fingerprint density at radius 2 is 2.21 bits per heavy atom. The van der Waals surface area contributed by atoms with E-state index in [0.29, 0.717) is 23.5 Å². The van der Waals surface area contributed by atoms with Gasteiger partial charge in [0.1, 0.15) is 5.75 Å². The molecule has 1 amide bonds. The second-order valence-electron chi connectivity index (χ2n) is 4.16. The summed E-state index contributed by atoms with van der Waals surface area (Å²) < 4.78 is 5.10. The highest BCUT2D eigenvalue weighted by Gasteiger charge is 2.11. The zero-order chi connectivity index (χ0) is 13.8. The van der Waals surface area contributed by atoms with Crippen LogP contribution >= 0.6 is 11.3 Å². The van der Waals surface area contributed by atoms with E-state index in [9.17, 15) is 4.79 Å². The first-order valence-corrected chi connectivity index (χ1v) is 6.74. The quantitative estimate of drug-likeness (QED) is 0.844. The molecule has 0 fully saturated rings. The number of aryl methyl sites for hydroxylation is 1. The first-order valence-electron chi connectivity index (χ1n) is 5.86. The van der Waals surface area contributed by atoms with Gasteiger partial charge in [-0.25, -0.2) is 0 Å². The highest BCUT2D eigenvalue weighted by atomic mass is 32.1. The molecule has 1 aromatic carbocycles. The first-order chi connectivity index (χ1) is 9.11. The van der Waals surface area contributed by atoms with E-state index in [-0.39, 0.29) is 5.91 Å². The lowest BCUT2D eigenvalue weighted by molar-refractivity contribution is 0.0952. The number of rotatable bonds is 4. The predicted molar refractivity (Wildman–Crippen MR) is 77.6 cm³/mol. The molecule has 0 aliphatic heterocycles. The van der Waals surface area contributed by atoms with Gasteiger partial charge in [0.15, 0.2) is 0 Å². The van der Waals surface area contributed by atoms with E-state index < -0.39 is 0 Å². The van der Waals surface area contributed by atoms with Crippen LogP contribution in [0.2, 0.25) is 0 Å². The van der Waals surface area contributed by atoms with Gasteiger partial charge in [-0.1, -0.05) is 0 Å². The topological polar surface area (TPSA) is 64.3 Å². The molecule has 0 bridgehead atoms. The van der Waals surface area contributed by atoms with E-state index >= 15 is 0 Å². The van der Waals surface area contributed by atoms with Crippen LogP contribution in [0.3, 0.4) is 0 Å². The molecule has 19 heavy (non-hydrogen) atoms. The van der Waals surface area contributed by atoms with Gasteiger partial charge >= 0.3 is 0 Å². The molecular formula is C14H16N2O2S. The van der Waals surface area contributed by atoms with Crippen LogP contribution in [-0.4, -0.2) is 13.0 Å². The molecule has 5 heteroatoms. The summed E-state index contributed by atoms with van der Waals surface area (Å²) in [5, 5.41) is 4.88. The molecule has 1 heterocycles. The van der Waals surface area contributed by atoms with E-state index in [1.165, 1.54) is 5.56 Å². The minimum absolute atomic E-state index is 0.191. The number of amides is 1. The molecule has 0 radical (unpaired) electrons. The summed E-state index contributed by atoms with van der Waals surface area (Å²) in [5.74, 6) is 0.427. The Hall–Kier alpha value is -2.01. The van der Waals surface area contributed by atoms with E-state index in [0.717, 1.165) is 4.88 Å². The summed E-state index contributed by atoms with van der Waals surface area (Å²) in [6.45, 7) is 2.54. The van der Waals surface area contributed by atoms with Crippen LogP contribution in [-0.2, 0) is 6.54 Å². The number of methoxy groups -OCH3 is 1. The maximum absolute atomic E-state index is 12.1. The third kappa shape index (κ3) is 3.06. The predicted octanol–water partition coefficient (Wildman–Crippen LogP) is 2.58. The third-order valence-corrected chi connectivity index (χ3v) is 3.91. The number of hydrogen-bond acceptors (Lipinski definition) is 4. The molecule has 2 rings (SSSR count). The Kier molecular flexibility index (Phi) is 4.06. The van der Waals surface area contributed by atoms with Gasteiger partial charge in [0.2, 0.25) is 0 Å². The Balaban J connectivity index is 2.10. The van der Waals surface area contributed by atoms with E-state index in [1.807, 2.05) is 18.4 Å². The van der Waals surface area contributed by atoms with Crippen molar-refractivity contribution >= 4 is 22.9 Å². The Morgan fingerprint density at radius 3 is 2.84 bits per heavy atom. The van der Waals surface area contributed by atoms with E-state index in [4.69, 9.17) is 10.5 Å². The lowest BCUT2D eigenvalue weighted by Crippen LogP contribution is -2.23. The number of carbonyl (C=O) groups is 1. The zero-order valence-electron chi connectivity index (χ0n) is 10.9. The second-order valence-corrected chi connectivity index (χ2v) is 5.16. The molecule has 0 aliphatic rings. The monoisotopic (exact) mass is 276 g/mol. The number of ether oxygens (including phenoxy) is 1. The highest BCUT2D eigenvalue weighted by Crippen LogP contribution is 2.20. The molecular weight excluding hydrogens is 260 g/mol. The summed E-state index contributed by atoms with van der Waals surface area (Å²) in [6.07, 6.45) is 0. The summed E-state index contributed by atoms with van der Waals surface area (Å²) in [4.78, 5) is 13.2. The normalized spacial score (nSPS) is 10.2. The molecule has 3 N–H and O–H groups in total. The fraction of sp³-hybridized carbons (Fsp3) is 0.214. The van der Waals surface area contributed by atoms with Crippen LogP contribution in [0.25, 0.3) is 0 Å². The lowest BCUT2D eigenvalue weighted by Gasteiger charge is -2.09. The van der Waals surface area contributed by atoms with Crippen molar-refractivity contribution in [3.8, 4) is 5.75 Å². The number of benzene rings is 1. The van der Waals surface area contributed by atoms with Crippen molar-refractivity contribution in [3.05, 3.63) is 45.6 Å². The summed E-state index contributed by atoms with van der Waals surface area (Å²) >= 11 is 1.63. The molecule has 0 aliphatic carbocycles. The molecule has 100 valence electrons. The number of hydrogen-bond donors (Lipinski definition) is 2. The number of nitrogen functional groups attached to an aromatic ring is 1. The third-order valence-electron chi connectivity index (χ3n) is 2.88. The zero-order valence-corrected chi connectivity index (χ0v) is 11.7. The standard InChI is InChI=1S/C14H16N2O2S/c1-9-5-6-19-13(9)8-16-14(17)11-7-10(18-2)3-4-12(11)15/h3-7H,8,15H2,1-2H3,(H,16,17). The minimum atomic E-state index is -0.191. The van der Waals surface area contributed by atoms with Crippen molar-refractivity contribution in [3.63, 3.8) is 0 Å². The molecule has 2 aromatic rings. The van der Waals surface area contributed by atoms with Gasteiger partial charge in [0.05, 0.1) is 19.2 Å². The van der Waals surface area contributed by atoms with Gasteiger partial charge in [-0.2, -0.15) is 0 Å². The van der Waals surface area contributed by atoms with Crippen molar-refractivity contribution in [2.45, 2.75) is 13.5 Å². The Labute approximate surface area is 116 Å². The number of thiophene rings is 1. The minimum Gasteiger partial charge on any atom is -0.497 e. The van der Waals surface area contributed by atoms with Gasteiger partial charge in [0, 0.05) is 10.6 Å². The maximum atomic E-state index is 12.1. The van der Waals surface area contributed by atoms with Crippen LogP contribution in [0, 0.1) is 6.92 Å². The first kappa shape index (κ1) is 13.4. The van der Waals surface area contributed by atoms with Crippen molar-refractivity contribution in [2.24, 2.45) is 0 Å². The van der Waals surface area contributed by atoms with Gasteiger partial charge in [-0.05, 0) is 42.1 Å². The number of anilines is 1. The number of nitrogens with one attached hydrogen (secondary N) is 1. The molecule has 4 nitrogen and oxygen atoms in total. The van der Waals surface area contributed by atoms with Crippen LogP contribution in [0.1, 0.15) is 20.8 Å². The summed E-state index contributed by atoms with van der Waals surface area (Å²) in [5.41, 5.74) is 7.88. The van der Waals surface area contributed by atoms with Crippen molar-refractivity contribution in [1.29, 1.82) is 0 Å². The molecule has 0 unspecified atom stereocenters. The van der Waals surface area contributed by atoms with Crippen LogP contribution < -0.4 is 15.8 Å². The number of carbonyl (C=O) groups excluding carboxylic acids is 1. The molecule has 0 saturated heterocycles. The van der Waals surface area contributed by atoms with Gasteiger partial charge in [-0.3, -0.25) is 4.79 Å². The SMILES string of the molecule is COc1ccc(N)c(C(=O)NCc2sccc2C)c1. The van der Waals surface area contributed by atoms with Gasteiger partial charge in [-0.15, -0.1) is 11.3 Å². The van der Waals surface area contributed by atoms with Crippen LogP contribution in [0.4, 0.5) is 5.69 Å². The van der Waals surface area contributed by atoms with Crippen LogP contribution in [0.5, 0.6) is 5.75 Å². The second kappa shape index (κ2) is 5.75. The molecule has 1 aromatic heterocycles. The number of nitrogens with two attached hydrogens (primary N) is 1. The fourth-order valence-electron chi connectivity index (χ4n) is 1.70. The largest absolute Gasteiger partial charge is 0.497 e. The van der Waals surface area contributed by atoms with E-state index in [2.05, 4.69) is 5.32 Å². The smallest absolute Gasteiger partial charge is 0.253 e. The van der Waals surface area contributed by atoms with Gasteiger partial charge in [0.25, 0.3) is 5.91 Å². The van der Waals surface area contributed by atoms with Crippen molar-refractivity contribution < 1.29 is 9.53 Å². The lowest BCUT2D eigenvalue weighted by atomic mass is 10.1. The summed E-state index contributed by atoms with van der Waals surface area (Å²) in [6, 6.07) is 7.08. The molecule has 0 atom stereocenters. The molecule has 0 saturated carbocycles. The fourth-order valence-corrected chi connectivity index (χ4v) is 2.55. The van der Waals surface area contributed by atoms with E-state index in [1.54, 1.807) is 36.6 Å². The highest BCUT2D eigenvalue weighted by molar-refractivity contribution is 7.10. The Morgan fingerprint density at radius 1 is 1.42 bits per heavy atom.